The molecule has 0 radical (unpaired) electrons. The summed E-state index contributed by atoms with van der Waals surface area (Å²) in [5.74, 6) is 0.138. The first-order valence-corrected chi connectivity index (χ1v) is 10.1. The Morgan fingerprint density at radius 3 is 1.97 bits per heavy atom. The van der Waals surface area contributed by atoms with Crippen LogP contribution in [0.25, 0.3) is 0 Å². The fraction of sp³-hybridized carbons (Fsp3) is 0.700. The summed E-state index contributed by atoms with van der Waals surface area (Å²) >= 11 is 0. The van der Waals surface area contributed by atoms with E-state index in [1.807, 2.05) is 0 Å². The summed E-state index contributed by atoms with van der Waals surface area (Å²) in [4.78, 5) is 0. The molecule has 1 aromatic rings. The van der Waals surface area contributed by atoms with Crippen LogP contribution in [0.4, 0.5) is 0 Å². The molecule has 0 aromatic heterocycles. The zero-order valence-corrected chi connectivity index (χ0v) is 17.0. The van der Waals surface area contributed by atoms with Crippen LogP contribution in [0.2, 0.25) is 0 Å². The highest BCUT2D eigenvalue weighted by Crippen LogP contribution is 2.26. The number of phenolic OH excluding ortho intramolecular Hbond substituents is 1. The average molecular weight is 446 g/mol. The van der Waals surface area contributed by atoms with E-state index < -0.39 is 61.4 Å². The molecule has 0 bridgehead atoms. The van der Waals surface area contributed by atoms with Crippen LogP contribution in [0.3, 0.4) is 0 Å². The Labute approximate surface area is 179 Å². The molecule has 11 nitrogen and oxygen atoms in total. The fourth-order valence-electron chi connectivity index (χ4n) is 3.49. The molecule has 0 spiro atoms. The predicted molar refractivity (Wildman–Crippen MR) is 103 cm³/mol. The Kier molecular flexibility index (Phi) is 8.21. The summed E-state index contributed by atoms with van der Waals surface area (Å²) in [6.07, 6.45) is -12.9. The lowest BCUT2D eigenvalue weighted by atomic mass is 9.98. The molecule has 7 N–H and O–H groups in total. The van der Waals surface area contributed by atoms with Crippen LogP contribution < -0.4 is 0 Å². The number of hydrogen-bond acceptors (Lipinski definition) is 11. The van der Waals surface area contributed by atoms with Gasteiger partial charge in [-0.25, -0.2) is 0 Å². The Balaban J connectivity index is 1.53. The van der Waals surface area contributed by atoms with E-state index >= 15 is 0 Å². The second-order valence-corrected chi connectivity index (χ2v) is 7.82. The maximum atomic E-state index is 10.2. The summed E-state index contributed by atoms with van der Waals surface area (Å²) in [7, 11) is 0. The van der Waals surface area contributed by atoms with E-state index in [2.05, 4.69) is 0 Å². The van der Waals surface area contributed by atoms with Crippen molar-refractivity contribution >= 4 is 0 Å². The van der Waals surface area contributed by atoms with E-state index in [0.29, 0.717) is 6.42 Å². The minimum absolute atomic E-state index is 0.134. The van der Waals surface area contributed by atoms with Gasteiger partial charge in [-0.2, -0.15) is 0 Å². The van der Waals surface area contributed by atoms with Gasteiger partial charge in [0.25, 0.3) is 0 Å². The van der Waals surface area contributed by atoms with Gasteiger partial charge in [0.2, 0.25) is 0 Å². The van der Waals surface area contributed by atoms with E-state index in [1.165, 1.54) is 19.1 Å². The van der Waals surface area contributed by atoms with Gasteiger partial charge in [0.05, 0.1) is 19.3 Å². The van der Waals surface area contributed by atoms with Gasteiger partial charge in [-0.15, -0.1) is 0 Å². The number of aliphatic hydroxyl groups is 6. The summed E-state index contributed by atoms with van der Waals surface area (Å²) in [5, 5.41) is 69.4. The second kappa shape index (κ2) is 10.5. The molecule has 0 aliphatic carbocycles. The molecule has 1 aromatic carbocycles. The largest absolute Gasteiger partial charge is 0.508 e. The van der Waals surface area contributed by atoms with Crippen LogP contribution in [-0.4, -0.2) is 110 Å². The highest BCUT2D eigenvalue weighted by molar-refractivity contribution is 5.25. The maximum Gasteiger partial charge on any atom is 0.186 e. The van der Waals surface area contributed by atoms with E-state index in [4.69, 9.17) is 18.9 Å². The van der Waals surface area contributed by atoms with Gasteiger partial charge in [0.1, 0.15) is 48.5 Å². The highest BCUT2D eigenvalue weighted by Gasteiger charge is 2.46. The van der Waals surface area contributed by atoms with Crippen molar-refractivity contribution in [3.63, 3.8) is 0 Å². The zero-order valence-electron chi connectivity index (χ0n) is 17.0. The molecule has 2 aliphatic rings. The predicted octanol–water partition coefficient (Wildman–Crippen LogP) is -2.40. The minimum Gasteiger partial charge on any atom is -0.508 e. The number of aromatic hydroxyl groups is 1. The van der Waals surface area contributed by atoms with Gasteiger partial charge >= 0.3 is 0 Å². The van der Waals surface area contributed by atoms with Gasteiger partial charge in [-0.05, 0) is 31.0 Å². The van der Waals surface area contributed by atoms with Gasteiger partial charge in [0, 0.05) is 0 Å². The SMILES string of the molecule is C[C@H]1O[C@@H](OC[C@H]2O[C@@H](OCCc3ccc(O)cc3)[C@H](O)[C@@H](O)[C@@H]2O)[C@H](O)[C@H](O)[C@H]1O. The summed E-state index contributed by atoms with van der Waals surface area (Å²) in [5.41, 5.74) is 0.877. The van der Waals surface area contributed by atoms with Crippen LogP contribution in [0.15, 0.2) is 24.3 Å². The molecular formula is C20H30O11. The molecule has 31 heavy (non-hydrogen) atoms. The third-order valence-electron chi connectivity index (χ3n) is 5.51. The van der Waals surface area contributed by atoms with Gasteiger partial charge in [0.15, 0.2) is 12.6 Å². The quantitative estimate of drug-likeness (QED) is 0.237. The Hall–Kier alpha value is -1.38. The molecule has 10 atom stereocenters. The fourth-order valence-corrected chi connectivity index (χ4v) is 3.49. The molecule has 0 amide bonds. The van der Waals surface area contributed by atoms with E-state index in [-0.39, 0.29) is 19.0 Å². The maximum absolute atomic E-state index is 10.2. The third kappa shape index (κ3) is 5.71. The van der Waals surface area contributed by atoms with Crippen molar-refractivity contribution in [1.29, 1.82) is 0 Å². The first kappa shape index (κ1) is 24.3. The number of ether oxygens (including phenoxy) is 4. The standard InChI is InChI=1S/C20H30O11/c1-9-13(22)15(24)17(26)20(30-9)29-8-12-14(23)16(25)18(27)19(31-12)28-7-6-10-2-4-11(21)5-3-10/h2-5,9,12-27H,6-8H2,1H3/t9-,12-,13+,14-,15-,16+,17-,18-,19-,20-/m1/s1. The minimum atomic E-state index is -1.57. The molecule has 2 heterocycles. The van der Waals surface area contributed by atoms with Crippen molar-refractivity contribution in [1.82, 2.24) is 0 Å². The van der Waals surface area contributed by atoms with Crippen LogP contribution >= 0.6 is 0 Å². The van der Waals surface area contributed by atoms with Gasteiger partial charge in [-0.1, -0.05) is 12.1 Å². The van der Waals surface area contributed by atoms with Gasteiger partial charge < -0.3 is 54.7 Å². The highest BCUT2D eigenvalue weighted by atomic mass is 16.7. The number of benzene rings is 1. The van der Waals surface area contributed by atoms with E-state index in [1.54, 1.807) is 12.1 Å². The molecule has 3 rings (SSSR count). The molecule has 2 saturated heterocycles. The first-order chi connectivity index (χ1) is 14.7. The first-order valence-electron chi connectivity index (χ1n) is 10.1. The van der Waals surface area contributed by atoms with Crippen molar-refractivity contribution < 1.29 is 54.7 Å². The molecular weight excluding hydrogens is 416 g/mol. The molecule has 176 valence electrons. The summed E-state index contributed by atoms with van der Waals surface area (Å²) in [6, 6.07) is 6.50. The lowest BCUT2D eigenvalue weighted by molar-refractivity contribution is -0.327. The van der Waals surface area contributed by atoms with Crippen molar-refractivity contribution in [3.05, 3.63) is 29.8 Å². The molecule has 0 saturated carbocycles. The molecule has 0 unspecified atom stereocenters. The Bertz CT molecular complexity index is 686. The number of aliphatic hydroxyl groups excluding tert-OH is 6. The topological polar surface area (TPSA) is 179 Å². The van der Waals surface area contributed by atoms with Crippen molar-refractivity contribution in [2.45, 2.75) is 74.8 Å². The van der Waals surface area contributed by atoms with Crippen molar-refractivity contribution in [2.24, 2.45) is 0 Å². The number of rotatable bonds is 7. The third-order valence-corrected chi connectivity index (χ3v) is 5.51. The van der Waals surface area contributed by atoms with Crippen molar-refractivity contribution in [2.75, 3.05) is 13.2 Å². The molecule has 2 fully saturated rings. The van der Waals surface area contributed by atoms with Crippen LogP contribution in [0.1, 0.15) is 12.5 Å². The summed E-state index contributed by atoms with van der Waals surface area (Å²) < 4.78 is 21.8. The van der Waals surface area contributed by atoms with Crippen LogP contribution in [0, 0.1) is 0 Å². The number of phenols is 1. The summed E-state index contributed by atoms with van der Waals surface area (Å²) in [6.45, 7) is 1.29. The Morgan fingerprint density at radius 2 is 1.32 bits per heavy atom. The smallest absolute Gasteiger partial charge is 0.186 e. The van der Waals surface area contributed by atoms with E-state index in [0.717, 1.165) is 5.56 Å². The zero-order chi connectivity index (χ0) is 22.7. The van der Waals surface area contributed by atoms with Crippen molar-refractivity contribution in [3.8, 4) is 5.75 Å². The normalized spacial score (nSPS) is 41.3. The van der Waals surface area contributed by atoms with Crippen LogP contribution in [-0.2, 0) is 25.4 Å². The lowest BCUT2D eigenvalue weighted by Gasteiger charge is -2.42. The number of hydrogen-bond donors (Lipinski definition) is 7. The van der Waals surface area contributed by atoms with E-state index in [9.17, 15) is 35.7 Å². The Morgan fingerprint density at radius 1 is 0.742 bits per heavy atom. The lowest BCUT2D eigenvalue weighted by Crippen LogP contribution is -2.61. The molecule has 11 heteroatoms. The molecule has 2 aliphatic heterocycles. The average Bonchev–Trinajstić information content (AvgIpc) is 2.76. The second-order valence-electron chi connectivity index (χ2n) is 7.82. The van der Waals surface area contributed by atoms with Crippen LogP contribution in [0.5, 0.6) is 5.75 Å². The monoisotopic (exact) mass is 446 g/mol. The van der Waals surface area contributed by atoms with Gasteiger partial charge in [-0.3, -0.25) is 0 Å².